The molecular weight excluding hydrogens is 262 g/mol. The van der Waals surface area contributed by atoms with Crippen molar-refractivity contribution in [2.75, 3.05) is 20.1 Å². The van der Waals surface area contributed by atoms with Crippen molar-refractivity contribution >= 4 is 23.2 Å². The average molecular weight is 281 g/mol. The van der Waals surface area contributed by atoms with Gasteiger partial charge >= 0.3 is 0 Å². The average Bonchev–Trinajstić information content (AvgIpc) is 2.90. The molecule has 0 bridgehead atoms. The maximum Gasteiger partial charge on any atom is 0.241 e. The van der Waals surface area contributed by atoms with Gasteiger partial charge in [0, 0.05) is 30.9 Å². The van der Waals surface area contributed by atoms with Crippen LogP contribution in [0, 0.1) is 0 Å². The summed E-state index contributed by atoms with van der Waals surface area (Å²) >= 11 is 1.71. The largest absolute Gasteiger partial charge is 0.353 e. The van der Waals surface area contributed by atoms with Gasteiger partial charge in [-0.1, -0.05) is 6.07 Å². The number of hydrogen-bond donors (Lipinski definition) is 2. The van der Waals surface area contributed by atoms with Crippen LogP contribution in [0.5, 0.6) is 0 Å². The highest BCUT2D eigenvalue weighted by molar-refractivity contribution is 7.09. The van der Waals surface area contributed by atoms with E-state index in [1.54, 1.807) is 16.2 Å². The molecule has 0 radical (unpaired) electrons. The fourth-order valence-electron chi connectivity index (χ4n) is 2.06. The van der Waals surface area contributed by atoms with Crippen LogP contribution in [0.1, 0.15) is 11.8 Å². The van der Waals surface area contributed by atoms with Crippen LogP contribution in [-0.2, 0) is 16.0 Å². The Labute approximate surface area is 117 Å². The zero-order valence-electron chi connectivity index (χ0n) is 11.2. The molecule has 1 aliphatic rings. The molecule has 1 saturated heterocycles. The molecule has 2 N–H and O–H groups in total. The highest BCUT2D eigenvalue weighted by atomic mass is 32.1. The van der Waals surface area contributed by atoms with Crippen molar-refractivity contribution in [1.29, 1.82) is 0 Å². The lowest BCUT2D eigenvalue weighted by Crippen LogP contribution is -2.59. The van der Waals surface area contributed by atoms with Gasteiger partial charge < -0.3 is 10.2 Å². The molecule has 1 aromatic rings. The molecule has 19 heavy (non-hydrogen) atoms. The fraction of sp³-hybridized carbons (Fsp3) is 0.538. The SMILES string of the molecule is CC(Cc1cccs1)N(C)C(=O)C1CNC(=O)CN1. The summed E-state index contributed by atoms with van der Waals surface area (Å²) < 4.78 is 0. The van der Waals surface area contributed by atoms with Gasteiger partial charge in [-0.25, -0.2) is 0 Å². The van der Waals surface area contributed by atoms with E-state index in [0.29, 0.717) is 6.54 Å². The molecular formula is C13H19N3O2S. The Kier molecular flexibility index (Phi) is 4.55. The van der Waals surface area contributed by atoms with E-state index in [0.717, 1.165) is 6.42 Å². The van der Waals surface area contributed by atoms with Gasteiger partial charge in [0.25, 0.3) is 0 Å². The summed E-state index contributed by atoms with van der Waals surface area (Å²) in [6.45, 7) is 2.62. The summed E-state index contributed by atoms with van der Waals surface area (Å²) in [5.74, 6) is -0.0256. The van der Waals surface area contributed by atoms with Gasteiger partial charge in [0.1, 0.15) is 6.04 Å². The van der Waals surface area contributed by atoms with Crippen molar-refractivity contribution in [2.24, 2.45) is 0 Å². The molecule has 2 unspecified atom stereocenters. The van der Waals surface area contributed by atoms with Crippen molar-refractivity contribution < 1.29 is 9.59 Å². The molecule has 6 heteroatoms. The van der Waals surface area contributed by atoms with Crippen molar-refractivity contribution in [3.63, 3.8) is 0 Å². The predicted molar refractivity (Wildman–Crippen MR) is 75.1 cm³/mol. The smallest absolute Gasteiger partial charge is 0.241 e. The molecule has 0 aliphatic carbocycles. The molecule has 0 aromatic carbocycles. The third-order valence-electron chi connectivity index (χ3n) is 3.40. The first-order valence-electron chi connectivity index (χ1n) is 6.37. The Balaban J connectivity index is 1.89. The topological polar surface area (TPSA) is 61.4 Å². The third kappa shape index (κ3) is 3.54. The van der Waals surface area contributed by atoms with Crippen LogP contribution in [0.25, 0.3) is 0 Å². The van der Waals surface area contributed by atoms with Crippen molar-refractivity contribution in [2.45, 2.75) is 25.4 Å². The molecule has 0 saturated carbocycles. The van der Waals surface area contributed by atoms with Gasteiger partial charge in [0.2, 0.25) is 11.8 Å². The summed E-state index contributed by atoms with van der Waals surface area (Å²) in [6.07, 6.45) is 0.860. The van der Waals surface area contributed by atoms with E-state index in [1.165, 1.54) is 4.88 Å². The number of piperazine rings is 1. The quantitative estimate of drug-likeness (QED) is 0.830. The van der Waals surface area contributed by atoms with Gasteiger partial charge in [-0.3, -0.25) is 14.9 Å². The summed E-state index contributed by atoms with van der Waals surface area (Å²) in [5, 5.41) is 7.71. The van der Waals surface area contributed by atoms with E-state index in [-0.39, 0.29) is 30.4 Å². The Morgan fingerprint density at radius 1 is 1.63 bits per heavy atom. The monoisotopic (exact) mass is 281 g/mol. The van der Waals surface area contributed by atoms with Crippen LogP contribution < -0.4 is 10.6 Å². The minimum atomic E-state index is -0.312. The van der Waals surface area contributed by atoms with Gasteiger partial charge in [-0.05, 0) is 18.4 Å². The Hall–Kier alpha value is -1.40. The second kappa shape index (κ2) is 6.16. The van der Waals surface area contributed by atoms with Crippen LogP contribution in [0.4, 0.5) is 0 Å². The van der Waals surface area contributed by atoms with Crippen LogP contribution in [0.3, 0.4) is 0 Å². The molecule has 104 valence electrons. The Morgan fingerprint density at radius 3 is 3.00 bits per heavy atom. The number of carbonyl (C=O) groups is 2. The van der Waals surface area contributed by atoms with Crippen LogP contribution in [-0.4, -0.2) is 48.9 Å². The number of amides is 2. The number of nitrogens with one attached hydrogen (secondary N) is 2. The zero-order valence-corrected chi connectivity index (χ0v) is 12.0. The second-order valence-electron chi connectivity index (χ2n) is 4.82. The van der Waals surface area contributed by atoms with E-state index in [9.17, 15) is 9.59 Å². The highest BCUT2D eigenvalue weighted by Crippen LogP contribution is 2.14. The van der Waals surface area contributed by atoms with Crippen molar-refractivity contribution in [3.8, 4) is 0 Å². The lowest BCUT2D eigenvalue weighted by molar-refractivity contribution is -0.135. The predicted octanol–water partition coefficient (Wildman–Crippen LogP) is 0.225. The first-order chi connectivity index (χ1) is 9.08. The molecule has 0 spiro atoms. The Bertz CT molecular complexity index is 437. The fourth-order valence-corrected chi connectivity index (χ4v) is 2.89. The summed E-state index contributed by atoms with van der Waals surface area (Å²) in [6, 6.07) is 3.93. The van der Waals surface area contributed by atoms with Gasteiger partial charge in [0.05, 0.1) is 6.54 Å². The minimum absolute atomic E-state index is 0.0315. The van der Waals surface area contributed by atoms with Crippen LogP contribution in [0.2, 0.25) is 0 Å². The molecule has 2 heterocycles. The number of thiophene rings is 1. The number of nitrogens with zero attached hydrogens (tertiary/aromatic N) is 1. The molecule has 2 rings (SSSR count). The van der Waals surface area contributed by atoms with Gasteiger partial charge in [0.15, 0.2) is 0 Å². The van der Waals surface area contributed by atoms with Gasteiger partial charge in [-0.2, -0.15) is 0 Å². The first-order valence-corrected chi connectivity index (χ1v) is 7.25. The van der Waals surface area contributed by atoms with E-state index >= 15 is 0 Å². The molecule has 2 atom stereocenters. The molecule has 5 nitrogen and oxygen atoms in total. The van der Waals surface area contributed by atoms with E-state index in [1.807, 2.05) is 25.4 Å². The minimum Gasteiger partial charge on any atom is -0.353 e. The third-order valence-corrected chi connectivity index (χ3v) is 4.29. The first kappa shape index (κ1) is 14.0. The van der Waals surface area contributed by atoms with Crippen molar-refractivity contribution in [1.82, 2.24) is 15.5 Å². The van der Waals surface area contributed by atoms with Crippen LogP contribution >= 0.6 is 11.3 Å². The maximum atomic E-state index is 12.3. The van der Waals surface area contributed by atoms with E-state index < -0.39 is 0 Å². The molecule has 1 fully saturated rings. The van der Waals surface area contributed by atoms with Gasteiger partial charge in [-0.15, -0.1) is 11.3 Å². The maximum absolute atomic E-state index is 12.3. The summed E-state index contributed by atoms with van der Waals surface area (Å²) in [4.78, 5) is 26.4. The molecule has 2 amide bonds. The highest BCUT2D eigenvalue weighted by Gasteiger charge is 2.28. The van der Waals surface area contributed by atoms with Crippen molar-refractivity contribution in [3.05, 3.63) is 22.4 Å². The molecule has 1 aromatic heterocycles. The second-order valence-corrected chi connectivity index (χ2v) is 5.85. The normalized spacial score (nSPS) is 20.7. The van der Waals surface area contributed by atoms with E-state index in [2.05, 4.69) is 16.7 Å². The lowest BCUT2D eigenvalue weighted by Gasteiger charge is -2.31. The van der Waals surface area contributed by atoms with Crippen LogP contribution in [0.15, 0.2) is 17.5 Å². The number of carbonyl (C=O) groups excluding carboxylic acids is 2. The summed E-state index contributed by atoms with van der Waals surface area (Å²) in [7, 11) is 1.82. The number of rotatable bonds is 4. The lowest BCUT2D eigenvalue weighted by atomic mass is 10.1. The molecule has 1 aliphatic heterocycles. The zero-order chi connectivity index (χ0) is 13.8. The Morgan fingerprint density at radius 2 is 2.42 bits per heavy atom. The number of likely N-dealkylation sites (N-methyl/N-ethyl adjacent to an activating group) is 1. The van der Waals surface area contributed by atoms with E-state index in [4.69, 9.17) is 0 Å². The number of hydrogen-bond acceptors (Lipinski definition) is 4. The standard InChI is InChI=1S/C13H19N3O2S/c1-9(6-10-4-3-5-19-10)16(2)13(18)11-7-15-12(17)8-14-11/h3-5,9,11,14H,6-8H2,1-2H3,(H,15,17). The summed E-state index contributed by atoms with van der Waals surface area (Å²) in [5.41, 5.74) is 0.